The fourth-order valence-electron chi connectivity index (χ4n) is 3.48. The van der Waals surface area contributed by atoms with Crippen LogP contribution in [0, 0.1) is 0 Å². The van der Waals surface area contributed by atoms with Gasteiger partial charge in [-0.3, -0.25) is 9.10 Å². The predicted molar refractivity (Wildman–Crippen MR) is 127 cm³/mol. The number of ether oxygens (including phenoxy) is 1. The van der Waals surface area contributed by atoms with Crippen LogP contribution in [0.4, 0.5) is 5.69 Å². The van der Waals surface area contributed by atoms with Crippen molar-refractivity contribution in [2.75, 3.05) is 10.9 Å². The van der Waals surface area contributed by atoms with Gasteiger partial charge >= 0.3 is 5.97 Å². The molecule has 3 atom stereocenters. The molecule has 1 aliphatic heterocycles. The zero-order valence-electron chi connectivity index (χ0n) is 18.6. The molecule has 0 bridgehead atoms. The van der Waals surface area contributed by atoms with E-state index in [1.165, 1.54) is 16.4 Å². The summed E-state index contributed by atoms with van der Waals surface area (Å²) in [6.07, 6.45) is 0. The van der Waals surface area contributed by atoms with Gasteiger partial charge in [-0.25, -0.2) is 17.3 Å². The minimum Gasteiger partial charge on any atom is -0.465 e. The van der Waals surface area contributed by atoms with Gasteiger partial charge in [-0.05, 0) is 51.5 Å². The molecule has 0 fully saturated rings. The number of carbonyl (C=O) groups excluding carboxylic acids is 1. The minimum atomic E-state index is -4.07. The molecule has 0 saturated heterocycles. The summed E-state index contributed by atoms with van der Waals surface area (Å²) < 4.78 is 49.0. The summed E-state index contributed by atoms with van der Waals surface area (Å²) >= 11 is 0. The lowest BCUT2D eigenvalue weighted by Gasteiger charge is -2.33. The lowest BCUT2D eigenvalue weighted by atomic mass is 9.99. The highest BCUT2D eigenvalue weighted by Crippen LogP contribution is 2.44. The number of para-hydroxylation sites is 1. The average molecular weight is 477 g/mol. The summed E-state index contributed by atoms with van der Waals surface area (Å²) in [6, 6.07) is 12.6. The third kappa shape index (κ3) is 4.51. The Kier molecular flexibility index (Phi) is 6.92. The molecule has 3 rings (SSSR count). The Balaban J connectivity index is 2.18. The van der Waals surface area contributed by atoms with Crippen molar-refractivity contribution in [3.8, 4) is 0 Å². The Labute approximate surface area is 192 Å². The number of fused-ring (bicyclic) bond motifs is 1. The molecule has 1 N–H and O–H groups in total. The number of rotatable bonds is 7. The van der Waals surface area contributed by atoms with Crippen molar-refractivity contribution in [3.63, 3.8) is 0 Å². The lowest BCUT2D eigenvalue weighted by Crippen LogP contribution is -2.56. The second-order valence-corrected chi connectivity index (χ2v) is 12.1. The molecule has 9 heteroatoms. The number of carbonyl (C=O) groups is 1. The van der Waals surface area contributed by atoms with Crippen LogP contribution in [-0.4, -0.2) is 42.0 Å². The van der Waals surface area contributed by atoms with Gasteiger partial charge in [-0.15, -0.1) is 0 Å². The molecule has 0 aromatic heterocycles. The molecule has 0 amide bonds. The molecule has 2 aromatic rings. The molecule has 0 saturated carbocycles. The first kappa shape index (κ1) is 24.2. The molecular formula is C23H28N2O5S2. The highest BCUT2D eigenvalue weighted by atomic mass is 32.2. The van der Waals surface area contributed by atoms with Crippen LogP contribution in [-0.2, 0) is 30.5 Å². The summed E-state index contributed by atoms with van der Waals surface area (Å²) in [7, 11) is -5.74. The molecule has 1 aliphatic rings. The van der Waals surface area contributed by atoms with E-state index in [-0.39, 0.29) is 11.5 Å². The first-order valence-electron chi connectivity index (χ1n) is 10.2. The fourth-order valence-corrected chi connectivity index (χ4v) is 5.98. The van der Waals surface area contributed by atoms with Crippen LogP contribution in [0.2, 0.25) is 0 Å². The van der Waals surface area contributed by atoms with E-state index in [9.17, 15) is 17.4 Å². The van der Waals surface area contributed by atoms with Crippen molar-refractivity contribution < 1.29 is 22.2 Å². The third-order valence-electron chi connectivity index (χ3n) is 5.04. The van der Waals surface area contributed by atoms with Gasteiger partial charge in [0.1, 0.15) is 6.04 Å². The lowest BCUT2D eigenvalue weighted by molar-refractivity contribution is -0.145. The highest BCUT2D eigenvalue weighted by Gasteiger charge is 2.48. The van der Waals surface area contributed by atoms with Crippen LogP contribution in [0.3, 0.4) is 0 Å². The summed E-state index contributed by atoms with van der Waals surface area (Å²) in [4.78, 5) is 13.1. The molecule has 1 unspecified atom stereocenters. The Hall–Kier alpha value is -2.49. The number of benzene rings is 2. The van der Waals surface area contributed by atoms with Gasteiger partial charge in [0.05, 0.1) is 39.0 Å². The van der Waals surface area contributed by atoms with Gasteiger partial charge in [0.15, 0.2) is 0 Å². The summed E-state index contributed by atoms with van der Waals surface area (Å²) in [6.45, 7) is 11.1. The smallest absolute Gasteiger partial charge is 0.326 e. The standard InChI is InChI=1S/C23H28N2O5S2/c1-6-30-22(26)20(24-31(27)23(3,4)5)21-16(2)18-14-10-11-15-19(18)25(21)32(28,29)17-12-8-7-9-13-17/h7-15,20-21,24H,2,6H2,1,3-5H3/t20-,21+,31?/m0/s1. The van der Waals surface area contributed by atoms with E-state index in [2.05, 4.69) is 11.3 Å². The van der Waals surface area contributed by atoms with Gasteiger partial charge in [0.25, 0.3) is 10.0 Å². The zero-order chi connectivity index (χ0) is 23.7. The van der Waals surface area contributed by atoms with Crippen LogP contribution in [0.5, 0.6) is 0 Å². The van der Waals surface area contributed by atoms with Crippen molar-refractivity contribution in [3.05, 3.63) is 66.7 Å². The monoisotopic (exact) mass is 476 g/mol. The Morgan fingerprint density at radius 3 is 2.34 bits per heavy atom. The second-order valence-electron chi connectivity index (χ2n) is 8.33. The molecule has 1 heterocycles. The second kappa shape index (κ2) is 9.17. The van der Waals surface area contributed by atoms with Gasteiger partial charge < -0.3 is 4.74 Å². The van der Waals surface area contributed by atoms with Crippen LogP contribution in [0.25, 0.3) is 5.57 Å². The van der Waals surface area contributed by atoms with Gasteiger partial charge in [-0.2, -0.15) is 0 Å². The van der Waals surface area contributed by atoms with E-state index < -0.39 is 43.8 Å². The Morgan fingerprint density at radius 2 is 1.75 bits per heavy atom. The van der Waals surface area contributed by atoms with Crippen LogP contribution in [0.15, 0.2) is 66.1 Å². The third-order valence-corrected chi connectivity index (χ3v) is 8.43. The van der Waals surface area contributed by atoms with E-state index in [1.54, 1.807) is 70.2 Å². The van der Waals surface area contributed by atoms with Gasteiger partial charge in [-0.1, -0.05) is 43.0 Å². The number of nitrogens with zero attached hydrogens (tertiary/aromatic N) is 1. The summed E-state index contributed by atoms with van der Waals surface area (Å²) in [5.74, 6) is -0.697. The van der Waals surface area contributed by atoms with Crippen molar-refractivity contribution in [2.45, 2.75) is 49.4 Å². The van der Waals surface area contributed by atoms with Gasteiger partial charge in [0, 0.05) is 5.56 Å². The van der Waals surface area contributed by atoms with Crippen molar-refractivity contribution in [2.24, 2.45) is 0 Å². The molecule has 172 valence electrons. The SMILES string of the molecule is C=C1c2ccccc2N(S(=O)(=O)c2ccccc2)[C@H]1[C@H](NS(=O)C(C)(C)C)C(=O)OCC. The van der Waals surface area contributed by atoms with E-state index in [0.29, 0.717) is 16.8 Å². The molecular weight excluding hydrogens is 448 g/mol. The van der Waals surface area contributed by atoms with Crippen LogP contribution >= 0.6 is 0 Å². The van der Waals surface area contributed by atoms with E-state index >= 15 is 0 Å². The predicted octanol–water partition coefficient (Wildman–Crippen LogP) is 3.26. The molecule has 7 nitrogen and oxygen atoms in total. The van der Waals surface area contributed by atoms with Crippen LogP contribution < -0.4 is 9.03 Å². The number of hydrogen-bond acceptors (Lipinski definition) is 5. The first-order valence-corrected chi connectivity index (χ1v) is 12.8. The minimum absolute atomic E-state index is 0.0778. The normalized spacial score (nSPS) is 18.2. The molecule has 2 aromatic carbocycles. The first-order chi connectivity index (χ1) is 15.0. The van der Waals surface area contributed by atoms with Crippen molar-refractivity contribution in [1.82, 2.24) is 4.72 Å². The highest BCUT2D eigenvalue weighted by molar-refractivity contribution is 7.93. The summed E-state index contributed by atoms with van der Waals surface area (Å²) in [5.41, 5.74) is 1.44. The average Bonchev–Trinajstić information content (AvgIpc) is 3.05. The number of anilines is 1. The van der Waals surface area contributed by atoms with Crippen LogP contribution in [0.1, 0.15) is 33.3 Å². The Morgan fingerprint density at radius 1 is 1.16 bits per heavy atom. The van der Waals surface area contributed by atoms with Crippen molar-refractivity contribution >= 4 is 38.2 Å². The number of nitrogens with one attached hydrogen (secondary N) is 1. The topological polar surface area (TPSA) is 92.8 Å². The maximum atomic E-state index is 13.7. The van der Waals surface area contributed by atoms with E-state index in [1.807, 2.05) is 0 Å². The van der Waals surface area contributed by atoms with Crippen molar-refractivity contribution in [1.29, 1.82) is 0 Å². The number of sulfonamides is 1. The fraction of sp³-hybridized carbons (Fsp3) is 0.348. The largest absolute Gasteiger partial charge is 0.465 e. The van der Waals surface area contributed by atoms with E-state index in [0.717, 1.165) is 0 Å². The quantitative estimate of drug-likeness (QED) is 0.619. The number of hydrogen-bond donors (Lipinski definition) is 1. The maximum Gasteiger partial charge on any atom is 0.326 e. The summed E-state index contributed by atoms with van der Waals surface area (Å²) in [5, 5.41) is 0. The molecule has 0 spiro atoms. The maximum absolute atomic E-state index is 13.7. The molecule has 0 radical (unpaired) electrons. The molecule has 0 aliphatic carbocycles. The zero-order valence-corrected chi connectivity index (χ0v) is 20.2. The van der Waals surface area contributed by atoms with Gasteiger partial charge in [0.2, 0.25) is 0 Å². The Bertz CT molecular complexity index is 1140. The number of esters is 1. The molecule has 32 heavy (non-hydrogen) atoms. The van der Waals surface area contributed by atoms with E-state index in [4.69, 9.17) is 4.74 Å².